The lowest BCUT2D eigenvalue weighted by molar-refractivity contribution is 0.0730. The average molecular weight is 246 g/mol. The molecule has 0 spiro atoms. The predicted molar refractivity (Wildman–Crippen MR) is 62.7 cm³/mol. The lowest BCUT2D eigenvalue weighted by atomic mass is 9.90. The highest BCUT2D eigenvalue weighted by Gasteiger charge is 2.33. The van der Waals surface area contributed by atoms with E-state index in [0.717, 1.165) is 12.0 Å². The summed E-state index contributed by atoms with van der Waals surface area (Å²) in [6, 6.07) is 3.59. The van der Waals surface area contributed by atoms with Gasteiger partial charge in [-0.25, -0.2) is 0 Å². The van der Waals surface area contributed by atoms with Crippen molar-refractivity contribution in [3.63, 3.8) is 0 Å². The highest BCUT2D eigenvalue weighted by Crippen LogP contribution is 2.44. The Labute approximate surface area is 99.3 Å². The zero-order chi connectivity index (χ0) is 11.2. The Kier molecular flexibility index (Phi) is 2.61. The minimum absolute atomic E-state index is 0.0430. The van der Waals surface area contributed by atoms with Gasteiger partial charge in [-0.1, -0.05) is 29.3 Å². The third kappa shape index (κ3) is 1.94. The standard InChI is InChI=1S/C11H13Cl2NO/c1-11(2)5-8(14)6-3-4-7(12)9(13)10(6)15-11/h3-4,8H,5,14H2,1-2H3. The van der Waals surface area contributed by atoms with Crippen molar-refractivity contribution in [2.45, 2.75) is 31.9 Å². The van der Waals surface area contributed by atoms with Gasteiger partial charge >= 0.3 is 0 Å². The Hall–Kier alpha value is -0.440. The van der Waals surface area contributed by atoms with Crippen LogP contribution in [0, 0.1) is 0 Å². The lowest BCUT2D eigenvalue weighted by Crippen LogP contribution is -2.37. The van der Waals surface area contributed by atoms with Gasteiger partial charge in [0.2, 0.25) is 0 Å². The van der Waals surface area contributed by atoms with Crippen LogP contribution in [0.4, 0.5) is 0 Å². The first-order valence-corrected chi connectivity index (χ1v) is 5.59. The number of rotatable bonds is 0. The third-order valence-corrected chi connectivity index (χ3v) is 3.36. The summed E-state index contributed by atoms with van der Waals surface area (Å²) in [5, 5.41) is 0.956. The SMILES string of the molecule is CC1(C)CC(N)c2ccc(Cl)c(Cl)c2O1. The second-order valence-electron chi connectivity index (χ2n) is 4.45. The van der Waals surface area contributed by atoms with E-state index in [2.05, 4.69) is 0 Å². The van der Waals surface area contributed by atoms with Crippen molar-refractivity contribution >= 4 is 23.2 Å². The lowest BCUT2D eigenvalue weighted by Gasteiger charge is -2.36. The van der Waals surface area contributed by atoms with Crippen molar-refractivity contribution in [3.8, 4) is 5.75 Å². The number of nitrogens with two attached hydrogens (primary N) is 1. The van der Waals surface area contributed by atoms with E-state index in [9.17, 15) is 0 Å². The number of ether oxygens (including phenoxy) is 1. The molecule has 1 atom stereocenters. The van der Waals surface area contributed by atoms with Gasteiger partial charge in [-0.3, -0.25) is 0 Å². The van der Waals surface area contributed by atoms with Crippen molar-refractivity contribution in [2.24, 2.45) is 5.73 Å². The molecule has 1 aliphatic rings. The summed E-state index contributed by atoms with van der Waals surface area (Å²) in [5.41, 5.74) is 6.70. The minimum atomic E-state index is -0.291. The highest BCUT2D eigenvalue weighted by atomic mass is 35.5. The molecule has 1 aromatic rings. The van der Waals surface area contributed by atoms with Gasteiger partial charge in [0, 0.05) is 18.0 Å². The first-order valence-electron chi connectivity index (χ1n) is 4.83. The molecule has 82 valence electrons. The fourth-order valence-corrected chi connectivity index (χ4v) is 2.26. The van der Waals surface area contributed by atoms with Gasteiger partial charge in [0.05, 0.1) is 5.02 Å². The van der Waals surface area contributed by atoms with Crippen LogP contribution >= 0.6 is 23.2 Å². The number of hydrogen-bond donors (Lipinski definition) is 1. The molecule has 0 radical (unpaired) electrons. The van der Waals surface area contributed by atoms with Crippen molar-refractivity contribution < 1.29 is 4.74 Å². The normalized spacial score (nSPS) is 23.1. The maximum atomic E-state index is 6.09. The van der Waals surface area contributed by atoms with E-state index in [1.165, 1.54) is 0 Å². The smallest absolute Gasteiger partial charge is 0.144 e. The molecule has 2 rings (SSSR count). The predicted octanol–water partition coefficient (Wildman–Crippen LogP) is 3.55. The van der Waals surface area contributed by atoms with Gasteiger partial charge in [0.1, 0.15) is 16.4 Å². The summed E-state index contributed by atoms with van der Waals surface area (Å²) in [4.78, 5) is 0. The van der Waals surface area contributed by atoms with Crippen molar-refractivity contribution in [1.82, 2.24) is 0 Å². The molecule has 0 fully saturated rings. The summed E-state index contributed by atoms with van der Waals surface area (Å²) in [6.45, 7) is 3.99. The van der Waals surface area contributed by atoms with Crippen LogP contribution < -0.4 is 10.5 Å². The van der Waals surface area contributed by atoms with Crippen molar-refractivity contribution in [2.75, 3.05) is 0 Å². The number of hydrogen-bond acceptors (Lipinski definition) is 2. The molecule has 15 heavy (non-hydrogen) atoms. The van der Waals surface area contributed by atoms with Gasteiger partial charge in [-0.2, -0.15) is 0 Å². The zero-order valence-corrected chi connectivity index (χ0v) is 10.2. The molecule has 1 aliphatic heterocycles. The van der Waals surface area contributed by atoms with Crippen molar-refractivity contribution in [3.05, 3.63) is 27.7 Å². The summed E-state index contributed by atoms with van der Waals surface area (Å²) in [7, 11) is 0. The molecular formula is C11H13Cl2NO. The van der Waals surface area contributed by atoms with Gasteiger partial charge in [-0.15, -0.1) is 0 Å². The molecule has 4 heteroatoms. The first-order chi connectivity index (χ1) is 6.91. The van der Waals surface area contributed by atoms with E-state index in [4.69, 9.17) is 33.7 Å². The van der Waals surface area contributed by atoms with Crippen LogP contribution in [-0.2, 0) is 0 Å². The molecular weight excluding hydrogens is 233 g/mol. The van der Waals surface area contributed by atoms with E-state index < -0.39 is 0 Å². The maximum Gasteiger partial charge on any atom is 0.144 e. The average Bonchev–Trinajstić information content (AvgIpc) is 2.10. The van der Waals surface area contributed by atoms with Crippen LogP contribution in [0.2, 0.25) is 10.0 Å². The second-order valence-corrected chi connectivity index (χ2v) is 5.24. The van der Waals surface area contributed by atoms with Gasteiger partial charge in [-0.05, 0) is 19.9 Å². The Morgan fingerprint density at radius 1 is 1.40 bits per heavy atom. The van der Waals surface area contributed by atoms with Crippen LogP contribution in [0.25, 0.3) is 0 Å². The molecule has 0 aliphatic carbocycles. The summed E-state index contributed by atoms with van der Waals surface area (Å²) in [6.07, 6.45) is 0.776. The molecule has 2 N–H and O–H groups in total. The molecule has 0 saturated carbocycles. The van der Waals surface area contributed by atoms with Crippen LogP contribution in [0.15, 0.2) is 12.1 Å². The molecule has 1 heterocycles. The first kappa shape index (κ1) is 11.1. The molecule has 0 saturated heterocycles. The largest absolute Gasteiger partial charge is 0.486 e. The van der Waals surface area contributed by atoms with Crippen molar-refractivity contribution in [1.29, 1.82) is 0 Å². The van der Waals surface area contributed by atoms with Gasteiger partial charge < -0.3 is 10.5 Å². The fraction of sp³-hybridized carbons (Fsp3) is 0.455. The van der Waals surface area contributed by atoms with E-state index in [1.54, 1.807) is 6.07 Å². The Balaban J connectivity index is 2.56. The topological polar surface area (TPSA) is 35.2 Å². The Morgan fingerprint density at radius 3 is 2.73 bits per heavy atom. The van der Waals surface area contributed by atoms with E-state index in [1.807, 2.05) is 19.9 Å². The van der Waals surface area contributed by atoms with E-state index >= 15 is 0 Å². The molecule has 0 bridgehead atoms. The molecule has 2 nitrogen and oxygen atoms in total. The zero-order valence-electron chi connectivity index (χ0n) is 8.68. The Bertz CT molecular complexity index is 404. The third-order valence-electron chi connectivity index (χ3n) is 2.57. The molecule has 0 aromatic heterocycles. The number of benzene rings is 1. The fourth-order valence-electron chi connectivity index (χ4n) is 1.90. The van der Waals surface area contributed by atoms with Gasteiger partial charge in [0.15, 0.2) is 0 Å². The molecule has 1 unspecified atom stereocenters. The number of fused-ring (bicyclic) bond motifs is 1. The quantitative estimate of drug-likeness (QED) is 0.759. The van der Waals surface area contributed by atoms with Crippen LogP contribution in [0.1, 0.15) is 31.9 Å². The summed E-state index contributed by atoms with van der Waals surface area (Å²) >= 11 is 12.0. The van der Waals surface area contributed by atoms with Crippen LogP contribution in [0.3, 0.4) is 0 Å². The summed E-state index contributed by atoms with van der Waals surface area (Å²) in [5.74, 6) is 0.632. The Morgan fingerprint density at radius 2 is 2.07 bits per heavy atom. The molecule has 1 aromatic carbocycles. The molecule has 0 amide bonds. The summed E-state index contributed by atoms with van der Waals surface area (Å²) < 4.78 is 5.80. The minimum Gasteiger partial charge on any atom is -0.486 e. The van der Waals surface area contributed by atoms with Crippen LogP contribution in [-0.4, -0.2) is 5.60 Å². The van der Waals surface area contributed by atoms with E-state index in [-0.39, 0.29) is 11.6 Å². The van der Waals surface area contributed by atoms with Gasteiger partial charge in [0.25, 0.3) is 0 Å². The van der Waals surface area contributed by atoms with Crippen LogP contribution in [0.5, 0.6) is 5.75 Å². The second kappa shape index (κ2) is 3.55. The maximum absolute atomic E-state index is 6.09. The number of halogens is 2. The van der Waals surface area contributed by atoms with E-state index in [0.29, 0.717) is 15.8 Å². The highest BCUT2D eigenvalue weighted by molar-refractivity contribution is 6.43. The monoisotopic (exact) mass is 245 g/mol.